The Morgan fingerprint density at radius 2 is 1.47 bits per heavy atom. The number of aromatic amines is 2. The Hall–Kier alpha value is -4.20. The summed E-state index contributed by atoms with van der Waals surface area (Å²) in [6, 6.07) is 16.5. The number of hydrogen-bond donors (Lipinski definition) is 3. The number of hydrogen-bond acceptors (Lipinski definition) is 5. The van der Waals surface area contributed by atoms with Gasteiger partial charge in [0.05, 0.1) is 7.11 Å². The number of carbonyl (C=O) groups is 2. The van der Waals surface area contributed by atoms with Gasteiger partial charge in [-0.25, -0.2) is 0 Å². The number of rotatable bonds is 8. The Labute approximate surface area is 196 Å². The molecule has 0 saturated carbocycles. The number of amides is 1. The lowest BCUT2D eigenvalue weighted by Crippen LogP contribution is -2.46. The molecule has 1 amide bonds. The Bertz CT molecular complexity index is 1370. The van der Waals surface area contributed by atoms with E-state index in [9.17, 15) is 19.2 Å². The SMILES string of the molecule is COC(=O)CCC(C)C(=O)NCc1ccc(/C=c2\[nH]c(=O)/c(=C/c3ccccc3)[nH]c2=O)cc1. The van der Waals surface area contributed by atoms with Gasteiger partial charge < -0.3 is 20.0 Å². The number of nitrogens with one attached hydrogen (secondary N) is 3. The first-order valence-corrected chi connectivity index (χ1v) is 10.9. The van der Waals surface area contributed by atoms with Crippen LogP contribution in [0, 0.1) is 5.92 Å². The fourth-order valence-electron chi connectivity index (χ4n) is 3.24. The van der Waals surface area contributed by atoms with Gasteiger partial charge in [-0.2, -0.15) is 0 Å². The van der Waals surface area contributed by atoms with Crippen molar-refractivity contribution in [2.75, 3.05) is 7.11 Å². The number of aromatic nitrogens is 2. The van der Waals surface area contributed by atoms with E-state index in [0.717, 1.165) is 16.7 Å². The third-order valence-corrected chi connectivity index (χ3v) is 5.31. The quantitative estimate of drug-likeness (QED) is 0.431. The van der Waals surface area contributed by atoms with Gasteiger partial charge in [0.25, 0.3) is 11.1 Å². The fraction of sp³-hybridized carbons (Fsp3) is 0.231. The van der Waals surface area contributed by atoms with Crippen LogP contribution in [0.3, 0.4) is 0 Å². The zero-order valence-corrected chi connectivity index (χ0v) is 19.1. The van der Waals surface area contributed by atoms with E-state index in [-0.39, 0.29) is 34.9 Å². The molecule has 3 N–H and O–H groups in total. The molecule has 0 bridgehead atoms. The molecule has 3 rings (SSSR count). The van der Waals surface area contributed by atoms with Crippen molar-refractivity contribution < 1.29 is 14.3 Å². The second-order valence-electron chi connectivity index (χ2n) is 7.91. The van der Waals surface area contributed by atoms with E-state index in [1.807, 2.05) is 42.5 Å². The fourth-order valence-corrected chi connectivity index (χ4v) is 3.24. The lowest BCUT2D eigenvalue weighted by Gasteiger charge is -2.11. The molecule has 1 aromatic heterocycles. The van der Waals surface area contributed by atoms with Gasteiger partial charge in [-0.1, -0.05) is 61.5 Å². The van der Waals surface area contributed by atoms with Crippen LogP contribution in [0.5, 0.6) is 0 Å². The molecule has 1 heterocycles. The average Bonchev–Trinajstić information content (AvgIpc) is 2.85. The van der Waals surface area contributed by atoms with Crippen molar-refractivity contribution in [2.24, 2.45) is 5.92 Å². The molecule has 0 aliphatic heterocycles. The van der Waals surface area contributed by atoms with Gasteiger partial charge in [-0.05, 0) is 35.3 Å². The first-order chi connectivity index (χ1) is 16.4. The van der Waals surface area contributed by atoms with Crippen molar-refractivity contribution in [3.05, 3.63) is 103 Å². The van der Waals surface area contributed by atoms with Crippen molar-refractivity contribution in [3.8, 4) is 0 Å². The van der Waals surface area contributed by atoms with E-state index >= 15 is 0 Å². The van der Waals surface area contributed by atoms with Crippen LogP contribution in [0.15, 0.2) is 64.2 Å². The van der Waals surface area contributed by atoms with Crippen LogP contribution in [0.4, 0.5) is 0 Å². The predicted octanol–water partition coefficient (Wildman–Crippen LogP) is 0.926. The summed E-state index contributed by atoms with van der Waals surface area (Å²) in [5.41, 5.74) is 1.61. The van der Waals surface area contributed by atoms with Crippen molar-refractivity contribution in [3.63, 3.8) is 0 Å². The Morgan fingerprint density at radius 3 is 2.03 bits per heavy atom. The topological polar surface area (TPSA) is 121 Å². The van der Waals surface area contributed by atoms with Gasteiger partial charge in [0.2, 0.25) is 5.91 Å². The highest BCUT2D eigenvalue weighted by atomic mass is 16.5. The van der Waals surface area contributed by atoms with Crippen LogP contribution in [0.25, 0.3) is 12.2 Å². The van der Waals surface area contributed by atoms with Crippen LogP contribution in [-0.4, -0.2) is 29.0 Å². The molecule has 176 valence electrons. The largest absolute Gasteiger partial charge is 0.469 e. The molecule has 0 fully saturated rings. The highest BCUT2D eigenvalue weighted by Crippen LogP contribution is 2.08. The molecule has 0 aliphatic carbocycles. The number of carbonyl (C=O) groups excluding carboxylic acids is 2. The first kappa shape index (κ1) is 24.4. The van der Waals surface area contributed by atoms with Gasteiger partial charge in [-0.15, -0.1) is 0 Å². The normalized spacial score (nSPS) is 12.9. The summed E-state index contributed by atoms with van der Waals surface area (Å²) in [6.45, 7) is 2.10. The van der Waals surface area contributed by atoms with E-state index in [4.69, 9.17) is 0 Å². The minimum absolute atomic E-state index is 0.143. The van der Waals surface area contributed by atoms with Gasteiger partial charge in [0.15, 0.2) is 0 Å². The summed E-state index contributed by atoms with van der Waals surface area (Å²) in [4.78, 5) is 53.5. The molecule has 1 atom stereocenters. The maximum absolute atomic E-state index is 12.5. The van der Waals surface area contributed by atoms with Crippen LogP contribution < -0.4 is 27.1 Å². The summed E-state index contributed by atoms with van der Waals surface area (Å²) in [7, 11) is 1.32. The van der Waals surface area contributed by atoms with Gasteiger partial charge in [0, 0.05) is 18.9 Å². The van der Waals surface area contributed by atoms with Gasteiger partial charge >= 0.3 is 5.97 Å². The molecule has 0 radical (unpaired) electrons. The summed E-state index contributed by atoms with van der Waals surface area (Å²) in [5.74, 6) is -0.788. The summed E-state index contributed by atoms with van der Waals surface area (Å²) >= 11 is 0. The van der Waals surface area contributed by atoms with Crippen molar-refractivity contribution in [2.45, 2.75) is 26.3 Å². The number of esters is 1. The van der Waals surface area contributed by atoms with Gasteiger partial charge in [0.1, 0.15) is 10.7 Å². The summed E-state index contributed by atoms with van der Waals surface area (Å²) in [6.07, 6.45) is 3.82. The molecule has 8 nitrogen and oxygen atoms in total. The number of methoxy groups -OCH3 is 1. The summed E-state index contributed by atoms with van der Waals surface area (Å²) < 4.78 is 4.59. The Balaban J connectivity index is 1.68. The molecule has 0 aliphatic rings. The molecule has 1 unspecified atom stereocenters. The third-order valence-electron chi connectivity index (χ3n) is 5.31. The number of H-pyrrole nitrogens is 2. The molecule has 34 heavy (non-hydrogen) atoms. The number of benzene rings is 2. The lowest BCUT2D eigenvalue weighted by molar-refractivity contribution is -0.141. The minimum Gasteiger partial charge on any atom is -0.469 e. The zero-order chi connectivity index (χ0) is 24.5. The monoisotopic (exact) mass is 461 g/mol. The van der Waals surface area contributed by atoms with Crippen LogP contribution in [0.1, 0.15) is 36.5 Å². The van der Waals surface area contributed by atoms with Crippen molar-refractivity contribution >= 4 is 24.0 Å². The Kier molecular flexibility index (Phi) is 8.34. The van der Waals surface area contributed by atoms with E-state index in [1.165, 1.54) is 7.11 Å². The van der Waals surface area contributed by atoms with Crippen LogP contribution >= 0.6 is 0 Å². The van der Waals surface area contributed by atoms with Crippen molar-refractivity contribution in [1.82, 2.24) is 15.3 Å². The molecule has 2 aromatic carbocycles. The molecular weight excluding hydrogens is 434 g/mol. The maximum atomic E-state index is 12.5. The van der Waals surface area contributed by atoms with Crippen LogP contribution in [-0.2, 0) is 20.9 Å². The minimum atomic E-state index is -0.404. The average molecular weight is 462 g/mol. The maximum Gasteiger partial charge on any atom is 0.305 e. The highest BCUT2D eigenvalue weighted by Gasteiger charge is 2.14. The predicted molar refractivity (Wildman–Crippen MR) is 129 cm³/mol. The highest BCUT2D eigenvalue weighted by molar-refractivity contribution is 5.79. The zero-order valence-electron chi connectivity index (χ0n) is 19.1. The third kappa shape index (κ3) is 6.90. The first-order valence-electron chi connectivity index (χ1n) is 10.9. The molecule has 8 heteroatoms. The second-order valence-corrected chi connectivity index (χ2v) is 7.91. The molecule has 3 aromatic rings. The van der Waals surface area contributed by atoms with Gasteiger partial charge in [-0.3, -0.25) is 19.2 Å². The molecule has 0 saturated heterocycles. The lowest BCUT2D eigenvalue weighted by atomic mass is 10.0. The van der Waals surface area contributed by atoms with E-state index in [0.29, 0.717) is 13.0 Å². The molecule has 0 spiro atoms. The van der Waals surface area contributed by atoms with Crippen LogP contribution in [0.2, 0.25) is 0 Å². The Morgan fingerprint density at radius 1 is 0.912 bits per heavy atom. The smallest absolute Gasteiger partial charge is 0.305 e. The summed E-state index contributed by atoms with van der Waals surface area (Å²) in [5, 5.41) is 3.17. The van der Waals surface area contributed by atoms with E-state index < -0.39 is 11.1 Å². The molecular formula is C26H27N3O5. The van der Waals surface area contributed by atoms with Crippen molar-refractivity contribution in [1.29, 1.82) is 0 Å². The van der Waals surface area contributed by atoms with E-state index in [1.54, 1.807) is 31.2 Å². The second kappa shape index (κ2) is 11.6. The number of ether oxygens (including phenoxy) is 1. The standard InChI is InChI=1S/C26H27N3O5/c1-17(8-13-23(30)34-2)24(31)27-16-20-11-9-19(10-12-20)15-22-26(33)28-21(25(32)29-22)14-18-6-4-3-5-7-18/h3-7,9-12,14-15,17H,8,13,16H2,1-2H3,(H,27,31)(H,28,33)(H,29,32)/b21-14-,22-15-. The van der Waals surface area contributed by atoms with E-state index in [2.05, 4.69) is 20.0 Å².